The van der Waals surface area contributed by atoms with Crippen LogP contribution in [0.5, 0.6) is 0 Å². The first kappa shape index (κ1) is 13.2. The third kappa shape index (κ3) is 1.66. The maximum atomic E-state index is 6.20. The summed E-state index contributed by atoms with van der Waals surface area (Å²) < 4.78 is 2.19. The van der Waals surface area contributed by atoms with Crippen LogP contribution < -0.4 is 5.73 Å². The fraction of sp³-hybridized carbons (Fsp3) is 0.105. The van der Waals surface area contributed by atoms with Crippen molar-refractivity contribution < 1.29 is 0 Å². The molecule has 0 aliphatic carbocycles. The topological polar surface area (TPSA) is 69.6 Å². The van der Waals surface area contributed by atoms with E-state index in [1.807, 2.05) is 24.4 Å². The fourth-order valence-corrected chi connectivity index (χ4v) is 3.63. The minimum Gasteiger partial charge on any atom is -0.383 e. The van der Waals surface area contributed by atoms with E-state index in [-0.39, 0.29) is 0 Å². The van der Waals surface area contributed by atoms with Gasteiger partial charge in [0.2, 0.25) is 0 Å². The molecule has 0 bridgehead atoms. The first-order valence-corrected chi connectivity index (χ1v) is 7.90. The Bertz CT molecular complexity index is 1140. The molecular weight excluding hydrogens is 298 g/mol. The lowest BCUT2D eigenvalue weighted by Crippen LogP contribution is -1.96. The van der Waals surface area contributed by atoms with Gasteiger partial charge in [-0.15, -0.1) is 0 Å². The monoisotopic (exact) mass is 313 g/mol. The number of para-hydroxylation sites is 1. The van der Waals surface area contributed by atoms with Crippen LogP contribution in [-0.2, 0) is 6.54 Å². The van der Waals surface area contributed by atoms with Gasteiger partial charge in [0.05, 0.1) is 16.6 Å². The third-order valence-corrected chi connectivity index (χ3v) is 4.72. The largest absolute Gasteiger partial charge is 0.383 e. The van der Waals surface area contributed by atoms with Gasteiger partial charge in [-0.2, -0.15) is 0 Å². The summed E-state index contributed by atoms with van der Waals surface area (Å²) in [5.41, 5.74) is 12.3. The smallest absolute Gasteiger partial charge is 0.146 e. The Balaban J connectivity index is 1.91. The number of pyridine rings is 1. The number of hydrogen-bond donors (Lipinski definition) is 1. The second-order valence-corrected chi connectivity index (χ2v) is 6.10. The molecule has 3 aromatic heterocycles. The number of aryl methyl sites for hydroxylation is 1. The van der Waals surface area contributed by atoms with E-state index in [1.165, 1.54) is 6.33 Å². The maximum absolute atomic E-state index is 6.20. The Morgan fingerprint density at radius 2 is 2.00 bits per heavy atom. The predicted octanol–water partition coefficient (Wildman–Crippen LogP) is 3.65. The SMILES string of the molecule is C=C1CCn2c1c(-c1cnc3ccccc3c1)c1c(N)ncnc12. The molecule has 1 aromatic carbocycles. The van der Waals surface area contributed by atoms with Crippen LogP contribution in [0.15, 0.2) is 49.4 Å². The Labute approximate surface area is 138 Å². The molecular formula is C19H15N5. The highest BCUT2D eigenvalue weighted by Gasteiger charge is 2.27. The highest BCUT2D eigenvalue weighted by Crippen LogP contribution is 2.43. The summed E-state index contributed by atoms with van der Waals surface area (Å²) >= 11 is 0. The van der Waals surface area contributed by atoms with Crippen LogP contribution in [0.25, 0.3) is 38.6 Å². The standard InChI is InChI=1S/C19H15N5/c1-11-6-7-24-17(11)15(16-18(20)22-10-23-19(16)24)13-8-12-4-2-3-5-14(12)21-9-13/h2-5,8-10H,1,6-7H2,(H2,20,22,23). The van der Waals surface area contributed by atoms with Crippen LogP contribution in [0.1, 0.15) is 12.1 Å². The molecule has 5 heteroatoms. The van der Waals surface area contributed by atoms with Crippen molar-refractivity contribution in [1.82, 2.24) is 19.5 Å². The minimum absolute atomic E-state index is 0.498. The second-order valence-electron chi connectivity index (χ2n) is 6.10. The van der Waals surface area contributed by atoms with Crippen molar-refractivity contribution in [3.63, 3.8) is 0 Å². The van der Waals surface area contributed by atoms with Gasteiger partial charge in [-0.1, -0.05) is 24.8 Å². The molecule has 4 heterocycles. The molecule has 116 valence electrons. The van der Waals surface area contributed by atoms with E-state index in [2.05, 4.69) is 38.2 Å². The molecule has 24 heavy (non-hydrogen) atoms. The molecule has 1 aliphatic rings. The number of nitrogens with zero attached hydrogens (tertiary/aromatic N) is 4. The first-order valence-electron chi connectivity index (χ1n) is 7.90. The van der Waals surface area contributed by atoms with Crippen LogP contribution in [0.2, 0.25) is 0 Å². The van der Waals surface area contributed by atoms with Gasteiger partial charge in [0.25, 0.3) is 0 Å². The average molecular weight is 313 g/mol. The van der Waals surface area contributed by atoms with Crippen LogP contribution >= 0.6 is 0 Å². The molecule has 5 rings (SSSR count). The molecule has 0 unspecified atom stereocenters. The van der Waals surface area contributed by atoms with Gasteiger partial charge in [0.15, 0.2) is 0 Å². The number of rotatable bonds is 1. The van der Waals surface area contributed by atoms with E-state index in [4.69, 9.17) is 5.73 Å². The Morgan fingerprint density at radius 3 is 2.92 bits per heavy atom. The molecule has 0 radical (unpaired) electrons. The van der Waals surface area contributed by atoms with Gasteiger partial charge < -0.3 is 10.3 Å². The van der Waals surface area contributed by atoms with E-state index in [0.717, 1.165) is 57.3 Å². The van der Waals surface area contributed by atoms with Gasteiger partial charge in [-0.25, -0.2) is 9.97 Å². The fourth-order valence-electron chi connectivity index (χ4n) is 3.63. The van der Waals surface area contributed by atoms with E-state index in [9.17, 15) is 0 Å². The molecule has 0 amide bonds. The molecule has 5 nitrogen and oxygen atoms in total. The number of aromatic nitrogens is 4. The first-order chi connectivity index (χ1) is 11.7. The highest BCUT2D eigenvalue weighted by atomic mass is 15.1. The molecule has 0 fully saturated rings. The summed E-state index contributed by atoms with van der Waals surface area (Å²) in [5, 5.41) is 1.99. The van der Waals surface area contributed by atoms with Crippen molar-refractivity contribution in [2.45, 2.75) is 13.0 Å². The summed E-state index contributed by atoms with van der Waals surface area (Å²) in [6.07, 6.45) is 4.35. The Kier molecular flexibility index (Phi) is 2.56. The van der Waals surface area contributed by atoms with Crippen molar-refractivity contribution in [3.8, 4) is 11.1 Å². The summed E-state index contributed by atoms with van der Waals surface area (Å²) in [5.74, 6) is 0.498. The van der Waals surface area contributed by atoms with Gasteiger partial charge in [-0.05, 0) is 24.1 Å². The van der Waals surface area contributed by atoms with Gasteiger partial charge >= 0.3 is 0 Å². The molecule has 2 N–H and O–H groups in total. The lowest BCUT2D eigenvalue weighted by atomic mass is 9.99. The number of hydrogen-bond acceptors (Lipinski definition) is 4. The number of allylic oxidation sites excluding steroid dienone is 1. The molecule has 0 spiro atoms. The Morgan fingerprint density at radius 1 is 1.12 bits per heavy atom. The normalized spacial score (nSPS) is 13.8. The summed E-state index contributed by atoms with van der Waals surface area (Å²) in [4.78, 5) is 13.3. The number of fused-ring (bicyclic) bond motifs is 4. The van der Waals surface area contributed by atoms with Crippen molar-refractivity contribution in [3.05, 3.63) is 55.1 Å². The van der Waals surface area contributed by atoms with E-state index >= 15 is 0 Å². The number of nitrogen functional groups attached to an aromatic ring is 1. The zero-order valence-electron chi connectivity index (χ0n) is 13.0. The van der Waals surface area contributed by atoms with Crippen molar-refractivity contribution in [2.75, 3.05) is 5.73 Å². The quantitative estimate of drug-likeness (QED) is 0.582. The van der Waals surface area contributed by atoms with E-state index < -0.39 is 0 Å². The Hall–Kier alpha value is -3.21. The number of nitrogens with two attached hydrogens (primary N) is 1. The highest BCUT2D eigenvalue weighted by molar-refractivity contribution is 6.07. The summed E-state index contributed by atoms with van der Waals surface area (Å²) in [6, 6.07) is 10.2. The molecule has 0 saturated heterocycles. The van der Waals surface area contributed by atoms with Crippen LogP contribution in [0, 0.1) is 0 Å². The minimum atomic E-state index is 0.498. The molecule has 4 aromatic rings. The predicted molar refractivity (Wildman–Crippen MR) is 96.3 cm³/mol. The average Bonchev–Trinajstić information content (AvgIpc) is 3.14. The lowest BCUT2D eigenvalue weighted by molar-refractivity contribution is 0.786. The van der Waals surface area contributed by atoms with Crippen molar-refractivity contribution in [2.24, 2.45) is 0 Å². The van der Waals surface area contributed by atoms with Crippen LogP contribution in [0.4, 0.5) is 5.82 Å². The van der Waals surface area contributed by atoms with Crippen molar-refractivity contribution in [1.29, 1.82) is 0 Å². The van der Waals surface area contributed by atoms with Crippen LogP contribution in [-0.4, -0.2) is 19.5 Å². The van der Waals surface area contributed by atoms with E-state index in [0.29, 0.717) is 5.82 Å². The number of anilines is 1. The lowest BCUT2D eigenvalue weighted by Gasteiger charge is -2.06. The third-order valence-electron chi connectivity index (χ3n) is 4.72. The zero-order chi connectivity index (χ0) is 16.3. The summed E-state index contributed by atoms with van der Waals surface area (Å²) in [7, 11) is 0. The van der Waals surface area contributed by atoms with Crippen LogP contribution in [0.3, 0.4) is 0 Å². The van der Waals surface area contributed by atoms with E-state index in [1.54, 1.807) is 0 Å². The van der Waals surface area contributed by atoms with Crippen molar-refractivity contribution >= 4 is 33.3 Å². The maximum Gasteiger partial charge on any atom is 0.146 e. The molecule has 0 saturated carbocycles. The zero-order valence-corrected chi connectivity index (χ0v) is 13.0. The second kappa shape index (κ2) is 4.64. The molecule has 0 atom stereocenters. The molecule has 1 aliphatic heterocycles. The number of benzene rings is 1. The summed E-state index contributed by atoms with van der Waals surface area (Å²) in [6.45, 7) is 5.12. The van der Waals surface area contributed by atoms with Gasteiger partial charge in [0.1, 0.15) is 17.8 Å². The van der Waals surface area contributed by atoms with Gasteiger partial charge in [-0.3, -0.25) is 4.98 Å². The van der Waals surface area contributed by atoms with Gasteiger partial charge in [0, 0.05) is 29.3 Å².